The van der Waals surface area contributed by atoms with Crippen molar-refractivity contribution in [3.63, 3.8) is 0 Å². The second-order valence-corrected chi connectivity index (χ2v) is 7.34. The van der Waals surface area contributed by atoms with E-state index in [2.05, 4.69) is 20.3 Å². The zero-order valence-corrected chi connectivity index (χ0v) is 18.2. The van der Waals surface area contributed by atoms with Crippen molar-refractivity contribution >= 4 is 52.0 Å². The van der Waals surface area contributed by atoms with Gasteiger partial charge in [0, 0.05) is 27.8 Å². The molecule has 2 aromatic carbocycles. The molecular formula is C22H19ClN6O4. The Kier molecular flexibility index (Phi) is 6.36. The molecule has 0 amide bonds. The van der Waals surface area contributed by atoms with Crippen LogP contribution in [-0.2, 0) is 27.4 Å². The van der Waals surface area contributed by atoms with Gasteiger partial charge in [0.2, 0.25) is 11.9 Å². The quantitative estimate of drug-likeness (QED) is 0.393. The van der Waals surface area contributed by atoms with E-state index in [-0.39, 0.29) is 30.9 Å². The lowest BCUT2D eigenvalue weighted by Crippen LogP contribution is -2.15. The summed E-state index contributed by atoms with van der Waals surface area (Å²) in [5, 5.41) is 4.27. The van der Waals surface area contributed by atoms with Gasteiger partial charge in [-0.15, -0.1) is 0 Å². The number of carbonyl (C=O) groups is 2. The fourth-order valence-electron chi connectivity index (χ4n) is 3.20. The maximum Gasteiger partial charge on any atom is 0.340 e. The predicted octanol–water partition coefficient (Wildman–Crippen LogP) is 3.34. The first kappa shape index (κ1) is 22.0. The minimum atomic E-state index is -0.543. The number of nitrogens with zero attached hydrogens (tertiary/aromatic N) is 4. The van der Waals surface area contributed by atoms with Crippen LogP contribution >= 0.6 is 11.6 Å². The van der Waals surface area contributed by atoms with Gasteiger partial charge in [-0.25, -0.2) is 4.79 Å². The van der Waals surface area contributed by atoms with Crippen LogP contribution in [0.2, 0.25) is 5.02 Å². The van der Waals surface area contributed by atoms with Gasteiger partial charge in [-0.2, -0.15) is 15.0 Å². The third-order valence-electron chi connectivity index (χ3n) is 4.65. The van der Waals surface area contributed by atoms with Crippen LogP contribution in [0.15, 0.2) is 54.7 Å². The van der Waals surface area contributed by atoms with E-state index in [0.29, 0.717) is 27.2 Å². The molecule has 168 valence electrons. The first-order valence-corrected chi connectivity index (χ1v) is 10.2. The van der Waals surface area contributed by atoms with Crippen LogP contribution in [0.3, 0.4) is 0 Å². The molecule has 4 aromatic rings. The summed E-state index contributed by atoms with van der Waals surface area (Å²) < 4.78 is 11.8. The standard InChI is InChI=1S/C22H19ClN6O4/c1-32-20(31)16-10-29(17-5-3-2-4-15(16)17)11-19(30)33-12-18-26-21(24)28-22(27-18)25-14-8-6-13(23)7-9-14/h2-10H,11-12H2,1H3,(H3,24,25,26,27,28). The number of carbonyl (C=O) groups excluding carboxylic acids is 2. The maximum atomic E-state index is 12.5. The molecule has 0 spiro atoms. The lowest BCUT2D eigenvalue weighted by atomic mass is 10.2. The number of fused-ring (bicyclic) bond motifs is 1. The molecule has 0 aliphatic heterocycles. The molecule has 3 N–H and O–H groups in total. The molecule has 2 heterocycles. The largest absolute Gasteiger partial charge is 0.465 e. The highest BCUT2D eigenvalue weighted by molar-refractivity contribution is 6.30. The molecule has 0 aliphatic rings. The molecular weight excluding hydrogens is 448 g/mol. The van der Waals surface area contributed by atoms with Gasteiger partial charge in [-0.3, -0.25) is 4.79 Å². The highest BCUT2D eigenvalue weighted by Gasteiger charge is 2.17. The number of hydrogen-bond acceptors (Lipinski definition) is 9. The van der Waals surface area contributed by atoms with Gasteiger partial charge in [0.15, 0.2) is 12.4 Å². The van der Waals surface area contributed by atoms with Crippen molar-refractivity contribution in [2.24, 2.45) is 0 Å². The first-order valence-electron chi connectivity index (χ1n) is 9.78. The summed E-state index contributed by atoms with van der Waals surface area (Å²) in [6.45, 7) is -0.322. The number of nitrogens with one attached hydrogen (secondary N) is 1. The molecule has 0 fully saturated rings. The number of methoxy groups -OCH3 is 1. The van der Waals surface area contributed by atoms with Gasteiger partial charge in [0.05, 0.1) is 12.7 Å². The lowest BCUT2D eigenvalue weighted by Gasteiger charge is -2.09. The van der Waals surface area contributed by atoms with Crippen molar-refractivity contribution < 1.29 is 19.1 Å². The second kappa shape index (κ2) is 9.53. The van der Waals surface area contributed by atoms with E-state index in [9.17, 15) is 9.59 Å². The number of esters is 2. The molecule has 0 radical (unpaired) electrons. The summed E-state index contributed by atoms with van der Waals surface area (Å²) in [7, 11) is 1.30. The Morgan fingerprint density at radius 1 is 1.09 bits per heavy atom. The summed E-state index contributed by atoms with van der Waals surface area (Å²) in [6, 6.07) is 14.1. The topological polar surface area (TPSA) is 134 Å². The number of aromatic nitrogens is 4. The van der Waals surface area contributed by atoms with Crippen molar-refractivity contribution in [1.82, 2.24) is 19.5 Å². The van der Waals surface area contributed by atoms with Crippen LogP contribution in [0.1, 0.15) is 16.2 Å². The van der Waals surface area contributed by atoms with E-state index in [1.54, 1.807) is 53.2 Å². The van der Waals surface area contributed by atoms with Crippen molar-refractivity contribution in [2.75, 3.05) is 18.2 Å². The van der Waals surface area contributed by atoms with Crippen LogP contribution < -0.4 is 11.1 Å². The van der Waals surface area contributed by atoms with Crippen LogP contribution in [-0.4, -0.2) is 38.6 Å². The number of nitrogen functional groups attached to an aromatic ring is 1. The number of benzene rings is 2. The SMILES string of the molecule is COC(=O)c1cn(CC(=O)OCc2nc(N)nc(Nc3ccc(Cl)cc3)n2)c2ccccc12. The average Bonchev–Trinajstić information content (AvgIpc) is 3.17. The number of nitrogens with two attached hydrogens (primary N) is 1. The maximum absolute atomic E-state index is 12.5. The Hall–Kier alpha value is -4.18. The van der Waals surface area contributed by atoms with E-state index >= 15 is 0 Å². The van der Waals surface area contributed by atoms with Crippen LogP contribution in [0.5, 0.6) is 0 Å². The van der Waals surface area contributed by atoms with E-state index in [1.807, 2.05) is 6.07 Å². The number of hydrogen-bond donors (Lipinski definition) is 2. The zero-order chi connectivity index (χ0) is 23.4. The van der Waals surface area contributed by atoms with Gasteiger partial charge in [0.1, 0.15) is 6.54 Å². The molecule has 33 heavy (non-hydrogen) atoms. The Bertz CT molecular complexity index is 1320. The molecule has 0 unspecified atom stereocenters. The molecule has 4 rings (SSSR count). The van der Waals surface area contributed by atoms with Crippen molar-refractivity contribution in [3.05, 3.63) is 71.1 Å². The summed E-state index contributed by atoms with van der Waals surface area (Å²) >= 11 is 5.89. The summed E-state index contributed by atoms with van der Waals surface area (Å²) in [6.07, 6.45) is 1.56. The number of ether oxygens (including phenoxy) is 2. The zero-order valence-electron chi connectivity index (χ0n) is 17.5. The minimum Gasteiger partial charge on any atom is -0.465 e. The van der Waals surface area contributed by atoms with Crippen LogP contribution in [0.4, 0.5) is 17.6 Å². The molecule has 11 heteroatoms. The average molecular weight is 467 g/mol. The first-order chi connectivity index (χ1) is 15.9. The van der Waals surface area contributed by atoms with Gasteiger partial charge in [0.25, 0.3) is 0 Å². The van der Waals surface area contributed by atoms with Crippen molar-refractivity contribution in [1.29, 1.82) is 0 Å². The highest BCUT2D eigenvalue weighted by atomic mass is 35.5. The smallest absolute Gasteiger partial charge is 0.340 e. The third-order valence-corrected chi connectivity index (χ3v) is 4.91. The van der Waals surface area contributed by atoms with Gasteiger partial charge < -0.3 is 25.1 Å². The monoisotopic (exact) mass is 466 g/mol. The number of anilines is 3. The second-order valence-electron chi connectivity index (χ2n) is 6.91. The minimum absolute atomic E-state index is 0.0216. The van der Waals surface area contributed by atoms with E-state index in [0.717, 1.165) is 0 Å². The predicted molar refractivity (Wildman–Crippen MR) is 122 cm³/mol. The van der Waals surface area contributed by atoms with E-state index in [1.165, 1.54) is 7.11 Å². The van der Waals surface area contributed by atoms with E-state index in [4.69, 9.17) is 26.8 Å². The molecule has 10 nitrogen and oxygen atoms in total. The molecule has 2 aromatic heterocycles. The summed E-state index contributed by atoms with van der Waals surface area (Å²) in [4.78, 5) is 36.8. The Morgan fingerprint density at radius 3 is 2.61 bits per heavy atom. The number of halogens is 1. The molecule has 0 atom stereocenters. The van der Waals surface area contributed by atoms with Gasteiger partial charge in [-0.05, 0) is 30.3 Å². The lowest BCUT2D eigenvalue weighted by molar-refractivity contribution is -0.145. The molecule has 0 saturated carbocycles. The molecule has 0 saturated heterocycles. The van der Waals surface area contributed by atoms with E-state index < -0.39 is 11.9 Å². The van der Waals surface area contributed by atoms with Gasteiger partial charge in [-0.1, -0.05) is 29.8 Å². The Labute approximate surface area is 193 Å². The Morgan fingerprint density at radius 2 is 1.85 bits per heavy atom. The normalized spacial score (nSPS) is 10.7. The third kappa shape index (κ3) is 5.18. The summed E-state index contributed by atoms with van der Waals surface area (Å²) in [5.74, 6) is -0.667. The van der Waals surface area contributed by atoms with Crippen LogP contribution in [0, 0.1) is 0 Å². The van der Waals surface area contributed by atoms with Crippen molar-refractivity contribution in [3.8, 4) is 0 Å². The number of rotatable bonds is 7. The fourth-order valence-corrected chi connectivity index (χ4v) is 3.33. The van der Waals surface area contributed by atoms with Crippen LogP contribution in [0.25, 0.3) is 10.9 Å². The molecule has 0 bridgehead atoms. The van der Waals surface area contributed by atoms with Crippen molar-refractivity contribution in [2.45, 2.75) is 13.2 Å². The number of para-hydroxylation sites is 1. The molecule has 0 aliphatic carbocycles. The Balaban J connectivity index is 1.45. The fraction of sp³-hybridized carbons (Fsp3) is 0.136. The highest BCUT2D eigenvalue weighted by Crippen LogP contribution is 2.22. The van der Waals surface area contributed by atoms with Gasteiger partial charge >= 0.3 is 11.9 Å². The summed E-state index contributed by atoms with van der Waals surface area (Å²) in [5.41, 5.74) is 7.53.